The number of hydrogen-bond acceptors (Lipinski definition) is 0. The molecule has 0 spiro atoms. The van der Waals surface area contributed by atoms with Gasteiger partial charge in [-0.25, -0.2) is 0 Å². The Labute approximate surface area is 64.0 Å². The fraction of sp³-hybridized carbons (Fsp3) is 1.00. The third-order valence-corrected chi connectivity index (χ3v) is 3.65. The van der Waals surface area contributed by atoms with Crippen LogP contribution in [0.5, 0.6) is 0 Å². The molecule has 3 atom stereocenters. The highest BCUT2D eigenvalue weighted by atomic mass is 14.5. The molecule has 10 heavy (non-hydrogen) atoms. The molecule has 0 amide bonds. The van der Waals surface area contributed by atoms with Crippen LogP contribution in [0.25, 0.3) is 0 Å². The molecule has 2 aliphatic rings. The molecule has 2 saturated carbocycles. The summed E-state index contributed by atoms with van der Waals surface area (Å²) < 4.78 is 0. The van der Waals surface area contributed by atoms with Crippen molar-refractivity contribution in [3.63, 3.8) is 0 Å². The van der Waals surface area contributed by atoms with Crippen LogP contribution in [0.3, 0.4) is 0 Å². The Hall–Kier alpha value is 0. The fourth-order valence-corrected chi connectivity index (χ4v) is 3.11. The molecule has 0 aromatic rings. The highest BCUT2D eigenvalue weighted by Crippen LogP contribution is 2.50. The quantitative estimate of drug-likeness (QED) is 0.522. The van der Waals surface area contributed by atoms with Crippen LogP contribution in [0.15, 0.2) is 0 Å². The van der Waals surface area contributed by atoms with Gasteiger partial charge < -0.3 is 0 Å². The molecule has 0 radical (unpaired) electrons. The predicted octanol–water partition coefficient (Wildman–Crippen LogP) is 3.08. The molecule has 0 N–H and O–H groups in total. The topological polar surface area (TPSA) is 0 Å². The van der Waals surface area contributed by atoms with Crippen LogP contribution >= 0.6 is 0 Å². The molecular formula is C10H18. The van der Waals surface area contributed by atoms with Gasteiger partial charge in [-0.15, -0.1) is 0 Å². The Morgan fingerprint density at radius 3 is 2.20 bits per heavy atom. The molecule has 0 aromatic carbocycles. The third kappa shape index (κ3) is 0.889. The van der Waals surface area contributed by atoms with Crippen molar-refractivity contribution in [3.05, 3.63) is 0 Å². The molecule has 0 aliphatic heterocycles. The lowest BCUT2D eigenvalue weighted by Gasteiger charge is -2.24. The van der Waals surface area contributed by atoms with E-state index in [0.717, 1.165) is 23.7 Å². The Morgan fingerprint density at radius 2 is 1.90 bits per heavy atom. The van der Waals surface area contributed by atoms with E-state index in [1.54, 1.807) is 25.7 Å². The van der Waals surface area contributed by atoms with Gasteiger partial charge in [-0.3, -0.25) is 0 Å². The average molecular weight is 138 g/mol. The lowest BCUT2D eigenvalue weighted by Crippen LogP contribution is -2.15. The second-order valence-electron chi connectivity index (χ2n) is 4.58. The average Bonchev–Trinajstić information content (AvgIpc) is 2.44. The van der Waals surface area contributed by atoms with Crippen molar-refractivity contribution < 1.29 is 0 Å². The van der Waals surface area contributed by atoms with E-state index < -0.39 is 0 Å². The van der Waals surface area contributed by atoms with Gasteiger partial charge in [-0.2, -0.15) is 0 Å². The molecule has 0 heteroatoms. The van der Waals surface area contributed by atoms with Crippen molar-refractivity contribution in [2.45, 2.75) is 39.5 Å². The van der Waals surface area contributed by atoms with Gasteiger partial charge in [0.25, 0.3) is 0 Å². The molecule has 0 unspecified atom stereocenters. The standard InChI is InChI=1S/C10H18/c1-7(2)10-6-8-3-4-9(10)5-8/h7-10H,3-6H2,1-2H3/t8-,9+,10-/m1/s1. The molecule has 2 fully saturated rings. The molecule has 2 bridgehead atoms. The zero-order valence-corrected chi connectivity index (χ0v) is 7.14. The summed E-state index contributed by atoms with van der Waals surface area (Å²) in [6.07, 6.45) is 6.23. The summed E-state index contributed by atoms with van der Waals surface area (Å²) >= 11 is 0. The second-order valence-corrected chi connectivity index (χ2v) is 4.58. The van der Waals surface area contributed by atoms with Gasteiger partial charge in [0, 0.05) is 0 Å². The van der Waals surface area contributed by atoms with Gasteiger partial charge >= 0.3 is 0 Å². The minimum absolute atomic E-state index is 0.954. The summed E-state index contributed by atoms with van der Waals surface area (Å²) in [6, 6.07) is 0. The molecular weight excluding hydrogens is 120 g/mol. The maximum Gasteiger partial charge on any atom is -0.0360 e. The summed E-state index contributed by atoms with van der Waals surface area (Å²) in [5, 5.41) is 0. The van der Waals surface area contributed by atoms with Crippen molar-refractivity contribution in [1.29, 1.82) is 0 Å². The molecule has 0 heterocycles. The largest absolute Gasteiger partial charge is 0.0625 e. The van der Waals surface area contributed by atoms with Crippen LogP contribution < -0.4 is 0 Å². The Kier molecular flexibility index (Phi) is 1.51. The van der Waals surface area contributed by atoms with Crippen LogP contribution in [0, 0.1) is 23.7 Å². The Bertz CT molecular complexity index is 126. The fourth-order valence-electron chi connectivity index (χ4n) is 3.11. The lowest BCUT2D eigenvalue weighted by atomic mass is 9.81. The van der Waals surface area contributed by atoms with Crippen LogP contribution in [0.1, 0.15) is 39.5 Å². The highest BCUT2D eigenvalue weighted by molar-refractivity contribution is 4.90. The van der Waals surface area contributed by atoms with Crippen molar-refractivity contribution in [3.8, 4) is 0 Å². The number of fused-ring (bicyclic) bond motifs is 2. The van der Waals surface area contributed by atoms with Crippen LogP contribution in [-0.2, 0) is 0 Å². The molecule has 2 rings (SSSR count). The normalized spacial score (nSPS) is 45.3. The summed E-state index contributed by atoms with van der Waals surface area (Å²) in [7, 11) is 0. The van der Waals surface area contributed by atoms with Gasteiger partial charge in [0.1, 0.15) is 0 Å². The van der Waals surface area contributed by atoms with Crippen LogP contribution in [-0.4, -0.2) is 0 Å². The highest BCUT2D eigenvalue weighted by Gasteiger charge is 2.40. The van der Waals surface area contributed by atoms with Gasteiger partial charge in [-0.05, 0) is 42.9 Å². The van der Waals surface area contributed by atoms with E-state index in [9.17, 15) is 0 Å². The summed E-state index contributed by atoms with van der Waals surface area (Å²) in [4.78, 5) is 0. The van der Waals surface area contributed by atoms with E-state index in [4.69, 9.17) is 0 Å². The smallest absolute Gasteiger partial charge is 0.0360 e. The summed E-state index contributed by atoms with van der Waals surface area (Å²) in [5.41, 5.74) is 0. The monoisotopic (exact) mass is 138 g/mol. The second kappa shape index (κ2) is 2.25. The zero-order chi connectivity index (χ0) is 7.14. The van der Waals surface area contributed by atoms with Gasteiger partial charge in [0.15, 0.2) is 0 Å². The molecule has 2 aliphatic carbocycles. The first-order valence-corrected chi connectivity index (χ1v) is 4.77. The van der Waals surface area contributed by atoms with E-state index in [-0.39, 0.29) is 0 Å². The summed E-state index contributed by atoms with van der Waals surface area (Å²) in [5.74, 6) is 4.32. The van der Waals surface area contributed by atoms with Crippen LogP contribution in [0.4, 0.5) is 0 Å². The van der Waals surface area contributed by atoms with Crippen LogP contribution in [0.2, 0.25) is 0 Å². The SMILES string of the molecule is CC(C)[C@H]1C[C@@H]2CC[C@H]1C2. The minimum atomic E-state index is 0.954. The van der Waals surface area contributed by atoms with Crippen molar-refractivity contribution in [2.24, 2.45) is 23.7 Å². The summed E-state index contributed by atoms with van der Waals surface area (Å²) in [6.45, 7) is 4.79. The maximum atomic E-state index is 2.39. The van der Waals surface area contributed by atoms with E-state index in [2.05, 4.69) is 13.8 Å². The van der Waals surface area contributed by atoms with E-state index in [1.165, 1.54) is 0 Å². The number of hydrogen-bond donors (Lipinski definition) is 0. The molecule has 0 nitrogen and oxygen atoms in total. The van der Waals surface area contributed by atoms with E-state index in [0.29, 0.717) is 0 Å². The van der Waals surface area contributed by atoms with E-state index in [1.807, 2.05) is 0 Å². The first kappa shape index (κ1) is 6.69. The first-order valence-electron chi connectivity index (χ1n) is 4.77. The van der Waals surface area contributed by atoms with Gasteiger partial charge in [-0.1, -0.05) is 20.3 Å². The molecule has 0 saturated heterocycles. The zero-order valence-electron chi connectivity index (χ0n) is 7.14. The number of rotatable bonds is 1. The van der Waals surface area contributed by atoms with Crippen molar-refractivity contribution in [1.82, 2.24) is 0 Å². The van der Waals surface area contributed by atoms with E-state index >= 15 is 0 Å². The lowest BCUT2D eigenvalue weighted by molar-refractivity contribution is 0.256. The van der Waals surface area contributed by atoms with Crippen molar-refractivity contribution >= 4 is 0 Å². The van der Waals surface area contributed by atoms with Gasteiger partial charge in [0.2, 0.25) is 0 Å². The minimum Gasteiger partial charge on any atom is -0.0625 e. The molecule has 58 valence electrons. The predicted molar refractivity (Wildman–Crippen MR) is 43.8 cm³/mol. The maximum absolute atomic E-state index is 2.39. The molecule has 0 aromatic heterocycles. The third-order valence-electron chi connectivity index (χ3n) is 3.65. The van der Waals surface area contributed by atoms with Gasteiger partial charge in [0.05, 0.1) is 0 Å². The Balaban J connectivity index is 2.02. The van der Waals surface area contributed by atoms with Crippen molar-refractivity contribution in [2.75, 3.05) is 0 Å². The first-order chi connectivity index (χ1) is 4.77. The Morgan fingerprint density at radius 1 is 1.10 bits per heavy atom.